The highest BCUT2D eigenvalue weighted by Crippen LogP contribution is 2.30. The van der Waals surface area contributed by atoms with Crippen LogP contribution < -0.4 is 0 Å². The van der Waals surface area contributed by atoms with Crippen molar-refractivity contribution in [2.24, 2.45) is 5.41 Å². The van der Waals surface area contributed by atoms with Crippen LogP contribution in [0.5, 0.6) is 0 Å². The van der Waals surface area contributed by atoms with E-state index < -0.39 is 11.4 Å². The molecule has 2 rings (SSSR count). The van der Waals surface area contributed by atoms with Crippen LogP contribution in [0.3, 0.4) is 0 Å². The molecule has 0 spiro atoms. The van der Waals surface area contributed by atoms with E-state index in [0.717, 1.165) is 4.88 Å². The minimum absolute atomic E-state index is 0.117. The quantitative estimate of drug-likeness (QED) is 0.851. The fourth-order valence-electron chi connectivity index (χ4n) is 1.97. The highest BCUT2D eigenvalue weighted by atomic mass is 32.1. The lowest BCUT2D eigenvalue weighted by molar-refractivity contribution is -0.147. The lowest BCUT2D eigenvalue weighted by Crippen LogP contribution is -2.34. The van der Waals surface area contributed by atoms with Crippen molar-refractivity contribution in [3.05, 3.63) is 28.5 Å². The Morgan fingerprint density at radius 1 is 1.56 bits per heavy atom. The van der Waals surface area contributed by atoms with Gasteiger partial charge < -0.3 is 10.0 Å². The number of thiophene rings is 1. The molecule has 0 aliphatic carbocycles. The van der Waals surface area contributed by atoms with Crippen LogP contribution in [0, 0.1) is 5.41 Å². The maximum Gasteiger partial charge on any atom is 0.311 e. The molecule has 1 amide bonds. The van der Waals surface area contributed by atoms with Gasteiger partial charge in [-0.1, -0.05) is 6.07 Å². The normalized spacial score (nSPS) is 23.7. The van der Waals surface area contributed by atoms with Crippen molar-refractivity contribution in [1.29, 1.82) is 0 Å². The van der Waals surface area contributed by atoms with Crippen LogP contribution in [0.4, 0.5) is 0 Å². The van der Waals surface area contributed by atoms with Gasteiger partial charge >= 0.3 is 5.97 Å². The summed E-state index contributed by atoms with van der Waals surface area (Å²) >= 11 is 1.56. The summed E-state index contributed by atoms with van der Waals surface area (Å²) in [6, 6.07) is 3.85. The van der Waals surface area contributed by atoms with Crippen molar-refractivity contribution in [3.8, 4) is 0 Å². The molecule has 0 saturated carbocycles. The lowest BCUT2D eigenvalue weighted by atomic mass is 9.90. The van der Waals surface area contributed by atoms with Gasteiger partial charge in [0.1, 0.15) is 0 Å². The van der Waals surface area contributed by atoms with Crippen molar-refractivity contribution in [1.82, 2.24) is 4.90 Å². The Morgan fingerprint density at radius 3 is 2.89 bits per heavy atom. The van der Waals surface area contributed by atoms with Gasteiger partial charge in [0.15, 0.2) is 0 Å². The van der Waals surface area contributed by atoms with Gasteiger partial charge in [0, 0.05) is 24.0 Å². The predicted octanol–water partition coefficient (Wildman–Crippen LogP) is 2.08. The molecule has 1 aromatic heterocycles. The molecule has 1 saturated heterocycles. The summed E-state index contributed by atoms with van der Waals surface area (Å²) in [5.41, 5.74) is -0.799. The van der Waals surface area contributed by atoms with E-state index in [-0.39, 0.29) is 12.5 Å². The first kappa shape index (κ1) is 12.8. The second-order valence-electron chi connectivity index (χ2n) is 4.72. The molecule has 96 valence electrons. The summed E-state index contributed by atoms with van der Waals surface area (Å²) in [6.07, 6.45) is 3.80. The topological polar surface area (TPSA) is 57.6 Å². The largest absolute Gasteiger partial charge is 0.481 e. The first-order valence-corrected chi connectivity index (χ1v) is 6.63. The highest BCUT2D eigenvalue weighted by molar-refractivity contribution is 7.10. The minimum atomic E-state index is -0.833. The molecule has 1 N–H and O–H groups in total. The predicted molar refractivity (Wildman–Crippen MR) is 70.3 cm³/mol. The van der Waals surface area contributed by atoms with E-state index >= 15 is 0 Å². The zero-order valence-electron chi connectivity index (χ0n) is 10.1. The molecule has 1 aromatic rings. The number of rotatable bonds is 3. The molecular weight excluding hydrogens is 250 g/mol. The lowest BCUT2D eigenvalue weighted by Gasteiger charge is -2.18. The number of carbonyl (C=O) groups is 2. The number of likely N-dealkylation sites (tertiary alicyclic amines) is 1. The Kier molecular flexibility index (Phi) is 3.52. The van der Waals surface area contributed by atoms with Crippen LogP contribution in [0.2, 0.25) is 0 Å². The van der Waals surface area contributed by atoms with Gasteiger partial charge in [0.2, 0.25) is 5.91 Å². The summed E-state index contributed by atoms with van der Waals surface area (Å²) in [7, 11) is 0. The van der Waals surface area contributed by atoms with E-state index in [1.165, 1.54) is 6.08 Å². The van der Waals surface area contributed by atoms with E-state index in [4.69, 9.17) is 5.11 Å². The van der Waals surface area contributed by atoms with Crippen molar-refractivity contribution in [2.75, 3.05) is 13.1 Å². The van der Waals surface area contributed by atoms with E-state index in [1.807, 2.05) is 17.5 Å². The molecular formula is C13H15NO3S. The minimum Gasteiger partial charge on any atom is -0.481 e. The third-order valence-electron chi connectivity index (χ3n) is 3.23. The van der Waals surface area contributed by atoms with E-state index in [9.17, 15) is 9.59 Å². The van der Waals surface area contributed by atoms with Crippen molar-refractivity contribution >= 4 is 29.3 Å². The molecule has 0 unspecified atom stereocenters. The molecule has 18 heavy (non-hydrogen) atoms. The van der Waals surface area contributed by atoms with Crippen LogP contribution in [0.1, 0.15) is 18.2 Å². The first-order chi connectivity index (χ1) is 8.51. The maximum atomic E-state index is 11.9. The van der Waals surface area contributed by atoms with E-state index in [1.54, 1.807) is 29.2 Å². The standard InChI is InChI=1S/C13H15NO3S/c1-13(12(16)17)6-7-14(9-13)11(15)5-4-10-3-2-8-18-10/h2-5,8H,6-7,9H2,1H3,(H,16,17)/b5-4+/t13-/m1/s1. The van der Waals surface area contributed by atoms with Gasteiger partial charge in [0.05, 0.1) is 5.41 Å². The molecule has 1 fully saturated rings. The molecule has 4 nitrogen and oxygen atoms in total. The molecule has 0 bridgehead atoms. The summed E-state index contributed by atoms with van der Waals surface area (Å²) in [5.74, 6) is -0.951. The van der Waals surface area contributed by atoms with Gasteiger partial charge in [-0.05, 0) is 30.9 Å². The number of nitrogens with zero attached hydrogens (tertiary/aromatic N) is 1. The van der Waals surface area contributed by atoms with Crippen molar-refractivity contribution in [2.45, 2.75) is 13.3 Å². The summed E-state index contributed by atoms with van der Waals surface area (Å²) in [5, 5.41) is 11.0. The molecule has 1 aliphatic rings. The average molecular weight is 265 g/mol. The zero-order chi connectivity index (χ0) is 13.2. The highest BCUT2D eigenvalue weighted by Gasteiger charge is 2.41. The number of carboxylic acid groups (broad SMARTS) is 1. The molecule has 1 aliphatic heterocycles. The van der Waals surface area contributed by atoms with Gasteiger partial charge in [-0.15, -0.1) is 11.3 Å². The van der Waals surface area contributed by atoms with Crippen LogP contribution in [0.15, 0.2) is 23.6 Å². The number of carbonyl (C=O) groups excluding carboxylic acids is 1. The van der Waals surface area contributed by atoms with Crippen molar-refractivity contribution in [3.63, 3.8) is 0 Å². The Hall–Kier alpha value is -1.62. The molecule has 5 heteroatoms. The third kappa shape index (κ3) is 2.61. The SMILES string of the molecule is C[C@@]1(C(=O)O)CCN(C(=O)/C=C/c2cccs2)C1. The van der Waals surface area contributed by atoms with Crippen LogP contribution in [-0.2, 0) is 9.59 Å². The summed E-state index contributed by atoms with van der Waals surface area (Å²) < 4.78 is 0. The Balaban J connectivity index is 1.98. The summed E-state index contributed by atoms with van der Waals surface area (Å²) in [4.78, 5) is 25.6. The first-order valence-electron chi connectivity index (χ1n) is 5.75. The number of aliphatic carboxylic acids is 1. The van der Waals surface area contributed by atoms with Crippen LogP contribution in [-0.4, -0.2) is 35.0 Å². The molecule has 2 heterocycles. The smallest absolute Gasteiger partial charge is 0.311 e. The Morgan fingerprint density at radius 2 is 2.33 bits per heavy atom. The van der Waals surface area contributed by atoms with Crippen LogP contribution in [0.25, 0.3) is 6.08 Å². The number of hydrogen-bond donors (Lipinski definition) is 1. The van der Waals surface area contributed by atoms with Gasteiger partial charge in [-0.3, -0.25) is 9.59 Å². The fourth-order valence-corrected chi connectivity index (χ4v) is 2.59. The van der Waals surface area contributed by atoms with Gasteiger partial charge in [-0.25, -0.2) is 0 Å². The average Bonchev–Trinajstić information content (AvgIpc) is 2.95. The molecule has 0 radical (unpaired) electrons. The monoisotopic (exact) mass is 265 g/mol. The third-order valence-corrected chi connectivity index (χ3v) is 4.07. The number of hydrogen-bond acceptors (Lipinski definition) is 3. The number of amides is 1. The molecule has 1 atom stereocenters. The number of carboxylic acids is 1. The Bertz CT molecular complexity index is 480. The second-order valence-corrected chi connectivity index (χ2v) is 5.70. The second kappa shape index (κ2) is 4.94. The van der Waals surface area contributed by atoms with Gasteiger partial charge in [-0.2, -0.15) is 0 Å². The molecule has 0 aromatic carbocycles. The Labute approximate surface area is 110 Å². The summed E-state index contributed by atoms with van der Waals surface area (Å²) in [6.45, 7) is 2.48. The van der Waals surface area contributed by atoms with Crippen molar-refractivity contribution < 1.29 is 14.7 Å². The van der Waals surface area contributed by atoms with Gasteiger partial charge in [0.25, 0.3) is 0 Å². The van der Waals surface area contributed by atoms with E-state index in [0.29, 0.717) is 13.0 Å². The van der Waals surface area contributed by atoms with Crippen LogP contribution >= 0.6 is 11.3 Å². The maximum absolute atomic E-state index is 11.9. The zero-order valence-corrected chi connectivity index (χ0v) is 10.9. The fraction of sp³-hybridized carbons (Fsp3) is 0.385. The van der Waals surface area contributed by atoms with E-state index in [2.05, 4.69) is 0 Å².